The molecule has 0 unspecified atom stereocenters. The number of ether oxygens (including phenoxy) is 1. The summed E-state index contributed by atoms with van der Waals surface area (Å²) in [6.45, 7) is 2.60. The quantitative estimate of drug-likeness (QED) is 0.796. The molecule has 1 N–H and O–H groups in total. The van der Waals surface area contributed by atoms with Gasteiger partial charge in [0.2, 0.25) is 5.91 Å². The predicted octanol–water partition coefficient (Wildman–Crippen LogP) is 1.66. The van der Waals surface area contributed by atoms with Crippen LogP contribution in [0.3, 0.4) is 0 Å². The number of carbonyl (C=O) groups excluding carboxylic acids is 1. The molecule has 0 aromatic carbocycles. The molecule has 1 saturated heterocycles. The Hall–Kier alpha value is -1.10. The first-order chi connectivity index (χ1) is 8.98. The average molecular weight is 269 g/mol. The molecular weight excluding hydrogens is 246 g/mol. The van der Waals surface area contributed by atoms with E-state index in [2.05, 4.69) is 0 Å². The van der Waals surface area contributed by atoms with Crippen molar-refractivity contribution in [2.45, 2.75) is 51.0 Å². The second-order valence-corrected chi connectivity index (χ2v) is 6.07. The summed E-state index contributed by atoms with van der Waals surface area (Å²) < 4.78 is 5.29. The van der Waals surface area contributed by atoms with Gasteiger partial charge >= 0.3 is 5.97 Å². The predicted molar refractivity (Wildman–Crippen MR) is 69.8 cm³/mol. The minimum atomic E-state index is -0.966. The van der Waals surface area contributed by atoms with Crippen LogP contribution in [0, 0.1) is 5.92 Å². The Morgan fingerprint density at radius 2 is 1.95 bits per heavy atom. The summed E-state index contributed by atoms with van der Waals surface area (Å²) in [5.74, 6) is -0.0459. The van der Waals surface area contributed by atoms with Gasteiger partial charge in [0.15, 0.2) is 0 Å². The first kappa shape index (κ1) is 14.3. The fourth-order valence-electron chi connectivity index (χ4n) is 3.05. The van der Waals surface area contributed by atoms with E-state index in [4.69, 9.17) is 9.84 Å². The third-order valence-electron chi connectivity index (χ3n) is 4.19. The van der Waals surface area contributed by atoms with Crippen LogP contribution in [0.2, 0.25) is 0 Å². The zero-order valence-electron chi connectivity index (χ0n) is 11.6. The molecule has 2 fully saturated rings. The van der Waals surface area contributed by atoms with Crippen molar-refractivity contribution < 1.29 is 19.4 Å². The van der Waals surface area contributed by atoms with Gasteiger partial charge in [0.05, 0.1) is 13.1 Å². The van der Waals surface area contributed by atoms with E-state index in [1.54, 1.807) is 4.90 Å². The Labute approximate surface area is 113 Å². The van der Waals surface area contributed by atoms with Crippen LogP contribution in [0.4, 0.5) is 0 Å². The van der Waals surface area contributed by atoms with Crippen molar-refractivity contribution in [3.8, 4) is 0 Å². The van der Waals surface area contributed by atoms with Crippen molar-refractivity contribution in [3.05, 3.63) is 0 Å². The molecule has 0 aromatic heterocycles. The highest BCUT2D eigenvalue weighted by atomic mass is 16.5. The lowest BCUT2D eigenvalue weighted by atomic mass is 9.94. The lowest BCUT2D eigenvalue weighted by molar-refractivity contribution is -0.173. The van der Waals surface area contributed by atoms with Gasteiger partial charge in [-0.05, 0) is 19.3 Å². The molecule has 5 nitrogen and oxygen atoms in total. The van der Waals surface area contributed by atoms with Crippen molar-refractivity contribution in [2.75, 3.05) is 19.7 Å². The van der Waals surface area contributed by atoms with Crippen molar-refractivity contribution in [2.24, 2.45) is 5.92 Å². The molecule has 0 bridgehead atoms. The summed E-state index contributed by atoms with van der Waals surface area (Å²) in [7, 11) is 0. The number of likely N-dealkylation sites (tertiary alicyclic amines) is 1. The van der Waals surface area contributed by atoms with E-state index >= 15 is 0 Å². The minimum absolute atomic E-state index is 0.184. The molecule has 0 atom stereocenters. The molecule has 2 aliphatic rings. The van der Waals surface area contributed by atoms with Crippen molar-refractivity contribution in [1.29, 1.82) is 0 Å². The number of hydrogen-bond acceptors (Lipinski definition) is 3. The molecule has 0 aromatic rings. The Balaban J connectivity index is 1.64. The maximum Gasteiger partial charge on any atom is 0.329 e. The highest BCUT2D eigenvalue weighted by molar-refractivity contribution is 5.77. The number of amides is 1. The number of carboxylic acid groups (broad SMARTS) is 1. The molecule has 1 saturated carbocycles. The summed E-state index contributed by atoms with van der Waals surface area (Å²) in [5.41, 5.74) is -0.471. The van der Waals surface area contributed by atoms with Crippen molar-refractivity contribution in [3.63, 3.8) is 0 Å². The zero-order chi connectivity index (χ0) is 13.9. The molecule has 19 heavy (non-hydrogen) atoms. The minimum Gasteiger partial charge on any atom is -0.480 e. The number of rotatable bonds is 6. The number of aliphatic carboxylic acids is 1. The van der Waals surface area contributed by atoms with E-state index in [-0.39, 0.29) is 12.5 Å². The maximum absolute atomic E-state index is 12.0. The molecule has 5 heteroatoms. The highest BCUT2D eigenvalue weighted by Gasteiger charge is 2.42. The monoisotopic (exact) mass is 269 g/mol. The highest BCUT2D eigenvalue weighted by Crippen LogP contribution is 2.30. The van der Waals surface area contributed by atoms with Gasteiger partial charge < -0.3 is 14.7 Å². The average Bonchev–Trinajstić information content (AvgIpc) is 2.83. The second kappa shape index (κ2) is 5.90. The maximum atomic E-state index is 12.0. The molecular formula is C14H23NO4. The van der Waals surface area contributed by atoms with Gasteiger partial charge in [-0.1, -0.05) is 25.7 Å². The number of carboxylic acids is 1. The molecule has 1 heterocycles. The Bertz CT molecular complexity index is 343. The molecule has 0 spiro atoms. The normalized spacial score (nSPS) is 22.3. The van der Waals surface area contributed by atoms with E-state index in [1.165, 1.54) is 25.7 Å². The van der Waals surface area contributed by atoms with E-state index in [0.717, 1.165) is 12.3 Å². The topological polar surface area (TPSA) is 66.8 Å². The van der Waals surface area contributed by atoms with Crippen LogP contribution in [0.25, 0.3) is 0 Å². The van der Waals surface area contributed by atoms with Crippen LogP contribution < -0.4 is 0 Å². The fraction of sp³-hybridized carbons (Fsp3) is 0.857. The van der Waals surface area contributed by atoms with E-state index < -0.39 is 11.6 Å². The Kier molecular flexibility index (Phi) is 4.45. The Morgan fingerprint density at radius 3 is 2.53 bits per heavy atom. The lowest BCUT2D eigenvalue weighted by Gasteiger charge is -2.47. The van der Waals surface area contributed by atoms with Gasteiger partial charge in [0.1, 0.15) is 12.2 Å². The summed E-state index contributed by atoms with van der Waals surface area (Å²) in [6.07, 6.45) is 6.79. The zero-order valence-corrected chi connectivity index (χ0v) is 11.6. The Morgan fingerprint density at radius 1 is 1.32 bits per heavy atom. The summed E-state index contributed by atoms with van der Waals surface area (Å²) >= 11 is 0. The second-order valence-electron chi connectivity index (χ2n) is 6.07. The fourth-order valence-corrected chi connectivity index (χ4v) is 3.05. The summed E-state index contributed by atoms with van der Waals surface area (Å²) in [5, 5.41) is 8.57. The first-order valence-electron chi connectivity index (χ1n) is 7.12. The van der Waals surface area contributed by atoms with Gasteiger partial charge in [-0.3, -0.25) is 4.79 Å². The van der Waals surface area contributed by atoms with Crippen LogP contribution >= 0.6 is 0 Å². The molecule has 2 rings (SSSR count). The number of nitrogens with zero attached hydrogens (tertiary/aromatic N) is 1. The van der Waals surface area contributed by atoms with Crippen molar-refractivity contribution >= 4 is 11.9 Å². The number of hydrogen-bond donors (Lipinski definition) is 1. The SMILES string of the molecule is CC1(OCC(=O)O)CN(C(=O)CCC2CCCC2)C1. The van der Waals surface area contributed by atoms with Crippen LogP contribution in [-0.4, -0.2) is 47.2 Å². The van der Waals surface area contributed by atoms with Crippen LogP contribution in [0.15, 0.2) is 0 Å². The summed E-state index contributed by atoms with van der Waals surface area (Å²) in [6, 6.07) is 0. The van der Waals surface area contributed by atoms with E-state index in [0.29, 0.717) is 19.5 Å². The van der Waals surface area contributed by atoms with Gasteiger partial charge in [0, 0.05) is 6.42 Å². The third-order valence-corrected chi connectivity index (χ3v) is 4.19. The molecule has 108 valence electrons. The van der Waals surface area contributed by atoms with Crippen LogP contribution in [0.1, 0.15) is 45.4 Å². The smallest absolute Gasteiger partial charge is 0.329 e. The molecule has 1 aliphatic carbocycles. The molecule has 0 radical (unpaired) electrons. The number of carbonyl (C=O) groups is 2. The summed E-state index contributed by atoms with van der Waals surface area (Å²) in [4.78, 5) is 24.2. The lowest BCUT2D eigenvalue weighted by Crippen LogP contribution is -2.63. The van der Waals surface area contributed by atoms with E-state index in [9.17, 15) is 9.59 Å². The van der Waals surface area contributed by atoms with Gasteiger partial charge in [-0.25, -0.2) is 4.79 Å². The third kappa shape index (κ3) is 3.93. The van der Waals surface area contributed by atoms with Gasteiger partial charge in [-0.15, -0.1) is 0 Å². The standard InChI is InChI=1S/C14H23NO4/c1-14(19-8-13(17)18)9-15(10-14)12(16)7-6-11-4-2-3-5-11/h11H,2-10H2,1H3,(H,17,18). The van der Waals surface area contributed by atoms with Crippen LogP contribution in [0.5, 0.6) is 0 Å². The van der Waals surface area contributed by atoms with Gasteiger partial charge in [-0.2, -0.15) is 0 Å². The van der Waals surface area contributed by atoms with E-state index in [1.807, 2.05) is 6.92 Å². The molecule has 1 aliphatic heterocycles. The first-order valence-corrected chi connectivity index (χ1v) is 7.12. The molecule has 1 amide bonds. The largest absolute Gasteiger partial charge is 0.480 e. The van der Waals surface area contributed by atoms with Gasteiger partial charge in [0.25, 0.3) is 0 Å². The van der Waals surface area contributed by atoms with Crippen molar-refractivity contribution in [1.82, 2.24) is 4.90 Å². The van der Waals surface area contributed by atoms with Crippen LogP contribution in [-0.2, 0) is 14.3 Å².